The molecule has 2 fully saturated rings. The highest BCUT2D eigenvalue weighted by Gasteiger charge is 2.55. The number of likely N-dealkylation sites (tertiary alicyclic amines) is 1. The number of rotatable bonds is 4. The number of hydrogen-bond acceptors (Lipinski definition) is 3. The van der Waals surface area contributed by atoms with E-state index in [2.05, 4.69) is 5.10 Å². The maximum atomic E-state index is 12.7. The monoisotopic (exact) mass is 373 g/mol. The molecular formula is C17H22F3N3O3. The third kappa shape index (κ3) is 3.19. The summed E-state index contributed by atoms with van der Waals surface area (Å²) in [4.78, 5) is 26.0. The Balaban J connectivity index is 1.74. The third-order valence-electron chi connectivity index (χ3n) is 5.84. The number of nitrogens with zero attached hydrogens (tertiary/aromatic N) is 3. The number of aromatic nitrogens is 2. The number of carboxylic acids is 1. The summed E-state index contributed by atoms with van der Waals surface area (Å²) in [5, 5.41) is 13.5. The van der Waals surface area contributed by atoms with Gasteiger partial charge in [-0.15, -0.1) is 0 Å². The first-order valence-corrected chi connectivity index (χ1v) is 8.64. The van der Waals surface area contributed by atoms with Crippen LogP contribution in [-0.4, -0.2) is 50.9 Å². The first-order valence-electron chi connectivity index (χ1n) is 8.64. The van der Waals surface area contributed by atoms with Gasteiger partial charge in [-0.1, -0.05) is 6.42 Å². The zero-order valence-electron chi connectivity index (χ0n) is 14.8. The molecule has 0 radical (unpaired) electrons. The van der Waals surface area contributed by atoms with Gasteiger partial charge in [0.2, 0.25) is 5.91 Å². The second kappa shape index (κ2) is 6.28. The van der Waals surface area contributed by atoms with Crippen molar-refractivity contribution < 1.29 is 27.9 Å². The number of carbonyl (C=O) groups is 2. The molecule has 1 N–H and O–H groups in total. The molecule has 6 nitrogen and oxygen atoms in total. The van der Waals surface area contributed by atoms with Gasteiger partial charge in [0.25, 0.3) is 0 Å². The number of alkyl halides is 3. The van der Waals surface area contributed by atoms with Gasteiger partial charge in [0.15, 0.2) is 0 Å². The summed E-state index contributed by atoms with van der Waals surface area (Å²) in [6, 6.07) is 0. The van der Waals surface area contributed by atoms with Crippen molar-refractivity contribution in [2.24, 2.45) is 11.3 Å². The molecule has 0 aromatic carbocycles. The van der Waals surface area contributed by atoms with Crippen molar-refractivity contribution in [2.75, 3.05) is 13.1 Å². The lowest BCUT2D eigenvalue weighted by Crippen LogP contribution is -2.37. The van der Waals surface area contributed by atoms with E-state index < -0.39 is 24.1 Å². The summed E-state index contributed by atoms with van der Waals surface area (Å²) >= 11 is 0. The van der Waals surface area contributed by atoms with E-state index in [1.165, 1.54) is 6.92 Å². The molecular weight excluding hydrogens is 351 g/mol. The number of aliphatic carboxylic acids is 1. The standard InChI is InChI=1S/C17H22F3N3O3/c1-10-13(11(2)23(21-10)9-17(18,19)20)6-14(24)22-7-12-4-3-5-16(12,8-22)15(25)26/h12H,3-9H2,1-2H3,(H,25,26)/t12-,16+/m0/s1. The van der Waals surface area contributed by atoms with Crippen LogP contribution in [0.3, 0.4) is 0 Å². The normalized spacial score (nSPS) is 25.6. The summed E-state index contributed by atoms with van der Waals surface area (Å²) in [7, 11) is 0. The zero-order valence-corrected chi connectivity index (χ0v) is 14.8. The summed E-state index contributed by atoms with van der Waals surface area (Å²) in [6.07, 6.45) is -2.24. The molecule has 1 saturated heterocycles. The molecule has 26 heavy (non-hydrogen) atoms. The average molecular weight is 373 g/mol. The molecule has 0 spiro atoms. The zero-order chi connectivity index (χ0) is 19.3. The predicted molar refractivity (Wildman–Crippen MR) is 85.4 cm³/mol. The van der Waals surface area contributed by atoms with Crippen LogP contribution in [0.25, 0.3) is 0 Å². The highest BCUT2D eigenvalue weighted by molar-refractivity contribution is 5.83. The fourth-order valence-corrected chi connectivity index (χ4v) is 4.41. The van der Waals surface area contributed by atoms with Crippen molar-refractivity contribution in [1.82, 2.24) is 14.7 Å². The van der Waals surface area contributed by atoms with Crippen LogP contribution in [0.15, 0.2) is 0 Å². The van der Waals surface area contributed by atoms with Crippen LogP contribution in [0, 0.1) is 25.2 Å². The van der Waals surface area contributed by atoms with Crippen LogP contribution in [0.2, 0.25) is 0 Å². The first kappa shape index (κ1) is 18.7. The molecule has 2 atom stereocenters. The Morgan fingerprint density at radius 2 is 2.04 bits per heavy atom. The summed E-state index contributed by atoms with van der Waals surface area (Å²) < 4.78 is 38.8. The number of amides is 1. The predicted octanol–water partition coefficient (Wildman–Crippen LogP) is 2.32. The Hall–Kier alpha value is -2.06. The van der Waals surface area contributed by atoms with Crippen LogP contribution in [0.1, 0.15) is 36.2 Å². The number of halogens is 3. The fraction of sp³-hybridized carbons (Fsp3) is 0.706. The highest BCUT2D eigenvalue weighted by atomic mass is 19.4. The minimum absolute atomic E-state index is 0.0425. The van der Waals surface area contributed by atoms with Crippen molar-refractivity contribution in [1.29, 1.82) is 0 Å². The van der Waals surface area contributed by atoms with Crippen molar-refractivity contribution in [2.45, 2.75) is 52.3 Å². The lowest BCUT2D eigenvalue weighted by atomic mass is 9.81. The molecule has 3 rings (SSSR count). The Morgan fingerprint density at radius 1 is 1.35 bits per heavy atom. The number of hydrogen-bond donors (Lipinski definition) is 1. The molecule has 144 valence electrons. The molecule has 1 aromatic heterocycles. The van der Waals surface area contributed by atoms with E-state index in [-0.39, 0.29) is 24.8 Å². The number of aryl methyl sites for hydroxylation is 1. The SMILES string of the molecule is Cc1nn(CC(F)(F)F)c(C)c1CC(=O)N1C[C@@H]2CCC[C@@]2(C(=O)O)C1. The molecule has 2 aliphatic rings. The van der Waals surface area contributed by atoms with E-state index in [0.717, 1.165) is 17.5 Å². The molecule has 1 aliphatic heterocycles. The van der Waals surface area contributed by atoms with Crippen molar-refractivity contribution >= 4 is 11.9 Å². The van der Waals surface area contributed by atoms with E-state index in [0.29, 0.717) is 29.9 Å². The third-order valence-corrected chi connectivity index (χ3v) is 5.84. The van der Waals surface area contributed by atoms with Crippen LogP contribution in [0.5, 0.6) is 0 Å². The summed E-state index contributed by atoms with van der Waals surface area (Å²) in [5.41, 5.74) is 0.342. The van der Waals surface area contributed by atoms with Crippen LogP contribution >= 0.6 is 0 Å². The van der Waals surface area contributed by atoms with Gasteiger partial charge in [0.1, 0.15) is 6.54 Å². The topological polar surface area (TPSA) is 75.4 Å². The van der Waals surface area contributed by atoms with E-state index in [1.807, 2.05) is 0 Å². The number of carbonyl (C=O) groups excluding carboxylic acids is 1. The maximum Gasteiger partial charge on any atom is 0.408 e. The van der Waals surface area contributed by atoms with Crippen LogP contribution in [-0.2, 0) is 22.6 Å². The van der Waals surface area contributed by atoms with E-state index in [4.69, 9.17) is 0 Å². The average Bonchev–Trinajstić information content (AvgIpc) is 3.13. The van der Waals surface area contributed by atoms with Crippen molar-refractivity contribution in [3.05, 3.63) is 17.0 Å². The van der Waals surface area contributed by atoms with Crippen molar-refractivity contribution in [3.8, 4) is 0 Å². The summed E-state index contributed by atoms with van der Waals surface area (Å²) in [5.74, 6) is -1.16. The second-order valence-electron chi connectivity index (χ2n) is 7.42. The Bertz CT molecular complexity index is 744. The van der Waals surface area contributed by atoms with E-state index in [1.54, 1.807) is 11.8 Å². The van der Waals surface area contributed by atoms with E-state index >= 15 is 0 Å². The Kier molecular flexibility index (Phi) is 4.52. The molecule has 1 saturated carbocycles. The molecule has 1 aliphatic carbocycles. The molecule has 0 bridgehead atoms. The van der Waals surface area contributed by atoms with Gasteiger partial charge in [-0.05, 0) is 32.6 Å². The lowest BCUT2D eigenvalue weighted by molar-refractivity contribution is -0.149. The van der Waals surface area contributed by atoms with Gasteiger partial charge in [-0.3, -0.25) is 14.3 Å². The molecule has 2 heterocycles. The van der Waals surface area contributed by atoms with Gasteiger partial charge < -0.3 is 10.0 Å². The van der Waals surface area contributed by atoms with Crippen LogP contribution < -0.4 is 0 Å². The highest BCUT2D eigenvalue weighted by Crippen LogP contribution is 2.49. The van der Waals surface area contributed by atoms with Gasteiger partial charge >= 0.3 is 12.1 Å². The van der Waals surface area contributed by atoms with Crippen LogP contribution in [0.4, 0.5) is 13.2 Å². The smallest absolute Gasteiger partial charge is 0.408 e. The molecule has 9 heteroatoms. The molecule has 1 aromatic rings. The number of carboxylic acid groups (broad SMARTS) is 1. The van der Waals surface area contributed by atoms with Gasteiger partial charge in [-0.2, -0.15) is 18.3 Å². The largest absolute Gasteiger partial charge is 0.481 e. The fourth-order valence-electron chi connectivity index (χ4n) is 4.41. The van der Waals surface area contributed by atoms with Gasteiger partial charge in [0.05, 0.1) is 17.5 Å². The van der Waals surface area contributed by atoms with E-state index in [9.17, 15) is 27.9 Å². The Morgan fingerprint density at radius 3 is 2.62 bits per heavy atom. The Labute approximate surface area is 149 Å². The molecule has 1 amide bonds. The number of fused-ring (bicyclic) bond motifs is 1. The minimum Gasteiger partial charge on any atom is -0.481 e. The second-order valence-corrected chi connectivity index (χ2v) is 7.42. The molecule has 0 unspecified atom stereocenters. The first-order chi connectivity index (χ1) is 12.0. The maximum absolute atomic E-state index is 12.7. The quantitative estimate of drug-likeness (QED) is 0.879. The van der Waals surface area contributed by atoms with Gasteiger partial charge in [-0.25, -0.2) is 0 Å². The van der Waals surface area contributed by atoms with Gasteiger partial charge in [0, 0.05) is 24.3 Å². The summed E-state index contributed by atoms with van der Waals surface area (Å²) in [6.45, 7) is 2.49. The lowest BCUT2D eigenvalue weighted by Gasteiger charge is -2.23. The minimum atomic E-state index is -4.38. The van der Waals surface area contributed by atoms with Crippen molar-refractivity contribution in [3.63, 3.8) is 0 Å².